The van der Waals surface area contributed by atoms with Crippen LogP contribution in [0.15, 0.2) is 89.6 Å². The predicted molar refractivity (Wildman–Crippen MR) is 147 cm³/mol. The summed E-state index contributed by atoms with van der Waals surface area (Å²) in [5.41, 5.74) is 3.48. The standard InChI is InChI=1S/C32H26ClNO5/c1-3-5-17-6-4-7-21(30(17)37)26-20-12-13-22-27(23(20)15-24-28(26)25(35)14-16(2)29(24)36)32(39)34(31(22)38)19-10-8-18(33)9-11-19/h3-4,6-12,14,22-23,26-27,37H,1,5,13,15H2,2H3/t22-,23+,26+,27-/m0/s1. The molecule has 196 valence electrons. The van der Waals surface area contributed by atoms with E-state index >= 15 is 0 Å². The number of phenolic OH excluding ortho intramolecular Hbond substituents is 1. The Kier molecular flexibility index (Phi) is 6.03. The van der Waals surface area contributed by atoms with Crippen LogP contribution in [0.1, 0.15) is 36.8 Å². The molecule has 4 atom stereocenters. The van der Waals surface area contributed by atoms with E-state index in [0.29, 0.717) is 51.4 Å². The van der Waals surface area contributed by atoms with E-state index in [1.165, 1.54) is 11.0 Å². The predicted octanol–water partition coefficient (Wildman–Crippen LogP) is 5.41. The van der Waals surface area contributed by atoms with Crippen LogP contribution in [0.2, 0.25) is 5.02 Å². The van der Waals surface area contributed by atoms with Crippen molar-refractivity contribution in [1.29, 1.82) is 0 Å². The minimum atomic E-state index is -0.697. The van der Waals surface area contributed by atoms with Crippen molar-refractivity contribution in [3.8, 4) is 5.75 Å². The number of hydrogen-bond acceptors (Lipinski definition) is 5. The molecular weight excluding hydrogens is 514 g/mol. The number of imide groups is 1. The summed E-state index contributed by atoms with van der Waals surface area (Å²) in [5.74, 6) is -3.48. The number of carbonyl (C=O) groups excluding carboxylic acids is 4. The number of anilines is 1. The molecule has 2 amide bonds. The van der Waals surface area contributed by atoms with Gasteiger partial charge in [-0.25, -0.2) is 0 Å². The van der Waals surface area contributed by atoms with Gasteiger partial charge in [0.2, 0.25) is 11.8 Å². The maximum atomic E-state index is 13.9. The molecule has 1 fully saturated rings. The van der Waals surface area contributed by atoms with Crippen molar-refractivity contribution in [2.24, 2.45) is 17.8 Å². The molecule has 6 nitrogen and oxygen atoms in total. The smallest absolute Gasteiger partial charge is 0.238 e. The number of carbonyl (C=O) groups is 4. The molecule has 4 aliphatic rings. The van der Waals surface area contributed by atoms with Gasteiger partial charge in [-0.1, -0.05) is 47.5 Å². The molecule has 7 heteroatoms. The Morgan fingerprint density at radius 1 is 1.05 bits per heavy atom. The van der Waals surface area contributed by atoms with Gasteiger partial charge in [-0.15, -0.1) is 6.58 Å². The molecule has 0 saturated carbocycles. The topological polar surface area (TPSA) is 91.8 Å². The zero-order chi connectivity index (χ0) is 27.6. The van der Waals surface area contributed by atoms with E-state index in [1.54, 1.807) is 49.4 Å². The number of phenols is 1. The minimum Gasteiger partial charge on any atom is -0.507 e. The lowest BCUT2D eigenvalue weighted by molar-refractivity contribution is -0.123. The zero-order valence-corrected chi connectivity index (χ0v) is 22.1. The van der Waals surface area contributed by atoms with Gasteiger partial charge in [-0.05, 0) is 68.0 Å². The zero-order valence-electron chi connectivity index (χ0n) is 21.3. The first-order chi connectivity index (χ1) is 18.7. The van der Waals surface area contributed by atoms with E-state index in [4.69, 9.17) is 11.6 Å². The molecule has 3 aliphatic carbocycles. The van der Waals surface area contributed by atoms with Crippen LogP contribution in [-0.4, -0.2) is 28.5 Å². The van der Waals surface area contributed by atoms with Crippen LogP contribution in [0.5, 0.6) is 5.75 Å². The van der Waals surface area contributed by atoms with Crippen molar-refractivity contribution in [2.75, 3.05) is 4.90 Å². The van der Waals surface area contributed by atoms with Gasteiger partial charge in [-0.2, -0.15) is 0 Å². The summed E-state index contributed by atoms with van der Waals surface area (Å²) in [6.45, 7) is 5.38. The summed E-state index contributed by atoms with van der Waals surface area (Å²) in [4.78, 5) is 55.5. The third kappa shape index (κ3) is 3.77. The molecule has 6 rings (SSSR count). The molecule has 0 unspecified atom stereocenters. The summed E-state index contributed by atoms with van der Waals surface area (Å²) in [5, 5.41) is 11.8. The Morgan fingerprint density at radius 2 is 1.79 bits per heavy atom. The van der Waals surface area contributed by atoms with Crippen LogP contribution >= 0.6 is 11.6 Å². The van der Waals surface area contributed by atoms with E-state index < -0.39 is 23.7 Å². The molecule has 0 radical (unpaired) electrons. The molecule has 1 aliphatic heterocycles. The first-order valence-electron chi connectivity index (χ1n) is 13.0. The number of halogens is 1. The number of para-hydroxylation sites is 1. The molecule has 2 aromatic carbocycles. The summed E-state index contributed by atoms with van der Waals surface area (Å²) >= 11 is 6.03. The number of rotatable bonds is 4. The lowest BCUT2D eigenvalue weighted by Crippen LogP contribution is -2.39. The number of ketones is 2. The van der Waals surface area contributed by atoms with Crippen molar-refractivity contribution >= 4 is 40.7 Å². The van der Waals surface area contributed by atoms with Crippen LogP contribution < -0.4 is 4.90 Å². The third-order valence-corrected chi connectivity index (χ3v) is 8.73. The average Bonchev–Trinajstić information content (AvgIpc) is 3.18. The fraction of sp³-hybridized carbons (Fsp3) is 0.250. The Morgan fingerprint density at radius 3 is 2.51 bits per heavy atom. The Labute approximate surface area is 231 Å². The first-order valence-corrected chi connectivity index (χ1v) is 13.4. The van der Waals surface area contributed by atoms with E-state index in [1.807, 2.05) is 12.1 Å². The molecule has 1 saturated heterocycles. The summed E-state index contributed by atoms with van der Waals surface area (Å²) < 4.78 is 0. The molecule has 2 aromatic rings. The second-order valence-corrected chi connectivity index (χ2v) is 11.0. The van der Waals surface area contributed by atoms with Gasteiger partial charge < -0.3 is 5.11 Å². The van der Waals surface area contributed by atoms with Crippen molar-refractivity contribution < 1.29 is 24.3 Å². The molecule has 0 bridgehead atoms. The Hall–Kier alpha value is -4.03. The van der Waals surface area contributed by atoms with Crippen LogP contribution in [0.4, 0.5) is 5.69 Å². The molecule has 1 heterocycles. The number of fused-ring (bicyclic) bond motifs is 3. The highest BCUT2D eigenvalue weighted by molar-refractivity contribution is 6.31. The van der Waals surface area contributed by atoms with Crippen LogP contribution in [0, 0.1) is 17.8 Å². The highest BCUT2D eigenvalue weighted by atomic mass is 35.5. The second kappa shape index (κ2) is 9.31. The maximum absolute atomic E-state index is 13.9. The van der Waals surface area contributed by atoms with Crippen molar-refractivity contribution in [3.63, 3.8) is 0 Å². The highest BCUT2D eigenvalue weighted by Gasteiger charge is 2.56. The maximum Gasteiger partial charge on any atom is 0.238 e. The molecule has 0 aromatic heterocycles. The van der Waals surface area contributed by atoms with Crippen LogP contribution in [0.25, 0.3) is 0 Å². The molecule has 39 heavy (non-hydrogen) atoms. The summed E-state index contributed by atoms with van der Waals surface area (Å²) in [7, 11) is 0. The number of amides is 2. The van der Waals surface area contributed by atoms with Crippen molar-refractivity contribution in [2.45, 2.75) is 32.1 Å². The Balaban J connectivity index is 1.50. The SMILES string of the molecule is C=CCc1cccc([C@H]2C3=CC[C@@H]4C(=O)N(c5ccc(Cl)cc5)C(=O)[C@@H]4[C@@H]3CC3=C2C(=O)C=C(C)C3=O)c1O. The average molecular weight is 540 g/mol. The number of nitrogens with zero attached hydrogens (tertiary/aromatic N) is 1. The lowest BCUT2D eigenvalue weighted by Gasteiger charge is -2.42. The Bertz CT molecular complexity index is 1580. The summed E-state index contributed by atoms with van der Waals surface area (Å²) in [6, 6.07) is 11.9. The summed E-state index contributed by atoms with van der Waals surface area (Å²) in [6.07, 6.45) is 5.94. The third-order valence-electron chi connectivity index (χ3n) is 8.47. The minimum absolute atomic E-state index is 0.0427. The number of hydrogen-bond donors (Lipinski definition) is 1. The van der Waals surface area contributed by atoms with Gasteiger partial charge in [-0.3, -0.25) is 24.1 Å². The first kappa shape index (κ1) is 25.3. The van der Waals surface area contributed by atoms with Gasteiger partial charge in [0, 0.05) is 33.2 Å². The fourth-order valence-electron chi connectivity index (χ4n) is 6.75. The molecule has 1 N–H and O–H groups in total. The fourth-order valence-corrected chi connectivity index (χ4v) is 6.87. The van der Waals surface area contributed by atoms with Gasteiger partial charge in [0.05, 0.1) is 17.5 Å². The lowest BCUT2D eigenvalue weighted by atomic mass is 9.59. The van der Waals surface area contributed by atoms with E-state index in [-0.39, 0.29) is 35.6 Å². The number of Topliss-reactive ketones (excluding diaryl/α,β-unsaturated/α-hetero) is 1. The monoisotopic (exact) mass is 539 g/mol. The molecular formula is C32H26ClNO5. The number of benzene rings is 2. The van der Waals surface area contributed by atoms with E-state index in [2.05, 4.69) is 6.58 Å². The largest absolute Gasteiger partial charge is 0.507 e. The van der Waals surface area contributed by atoms with Crippen LogP contribution in [-0.2, 0) is 25.6 Å². The van der Waals surface area contributed by atoms with E-state index in [0.717, 1.165) is 5.57 Å². The van der Waals surface area contributed by atoms with Crippen molar-refractivity contribution in [1.82, 2.24) is 0 Å². The van der Waals surface area contributed by atoms with Crippen molar-refractivity contribution in [3.05, 3.63) is 106 Å². The quantitative estimate of drug-likeness (QED) is 0.319. The number of allylic oxidation sites excluding steroid dienone is 7. The van der Waals surface area contributed by atoms with Crippen LogP contribution in [0.3, 0.4) is 0 Å². The van der Waals surface area contributed by atoms with E-state index in [9.17, 15) is 24.3 Å². The normalized spacial score (nSPS) is 26.2. The van der Waals surface area contributed by atoms with Gasteiger partial charge >= 0.3 is 0 Å². The highest BCUT2D eigenvalue weighted by Crippen LogP contribution is 2.56. The van der Waals surface area contributed by atoms with Gasteiger partial charge in [0.1, 0.15) is 5.75 Å². The van der Waals surface area contributed by atoms with Gasteiger partial charge in [0.25, 0.3) is 0 Å². The number of aromatic hydroxyl groups is 1. The molecule has 0 spiro atoms. The van der Waals surface area contributed by atoms with Gasteiger partial charge in [0.15, 0.2) is 11.6 Å². The second-order valence-electron chi connectivity index (χ2n) is 10.6.